The smallest absolute Gasteiger partial charge is 0.236 e. The molecular weight excluding hydrogens is 256 g/mol. The highest BCUT2D eigenvalue weighted by Gasteiger charge is 2.02. The molecule has 0 atom stereocenters. The number of hydrogen-bond donors (Lipinski definition) is 1. The summed E-state index contributed by atoms with van der Waals surface area (Å²) in [6.07, 6.45) is 0. The van der Waals surface area contributed by atoms with Gasteiger partial charge in [0.05, 0.1) is 6.54 Å². The van der Waals surface area contributed by atoms with Crippen LogP contribution >= 0.6 is 15.9 Å². The van der Waals surface area contributed by atoms with Crippen LogP contribution in [0.25, 0.3) is 0 Å². The third kappa shape index (κ3) is 4.44. The molecule has 0 fully saturated rings. The van der Waals surface area contributed by atoms with Crippen molar-refractivity contribution in [2.24, 2.45) is 0 Å². The zero-order valence-corrected chi connectivity index (χ0v) is 10.5. The van der Waals surface area contributed by atoms with Crippen LogP contribution in [0.2, 0.25) is 0 Å². The van der Waals surface area contributed by atoms with Crippen LogP contribution in [0.15, 0.2) is 28.7 Å². The minimum atomic E-state index is 0.0899. The van der Waals surface area contributed by atoms with Gasteiger partial charge in [0, 0.05) is 25.1 Å². The van der Waals surface area contributed by atoms with Crippen LogP contribution in [0.1, 0.15) is 5.56 Å². The van der Waals surface area contributed by atoms with E-state index in [9.17, 15) is 4.79 Å². The number of nitrogens with zero attached hydrogens (tertiary/aromatic N) is 1. The van der Waals surface area contributed by atoms with Crippen LogP contribution in [-0.4, -0.2) is 31.4 Å². The molecule has 1 rings (SSSR count). The van der Waals surface area contributed by atoms with E-state index in [0.29, 0.717) is 13.1 Å². The Bertz CT molecular complexity index is 322. The summed E-state index contributed by atoms with van der Waals surface area (Å²) >= 11 is 3.37. The highest BCUT2D eigenvalue weighted by atomic mass is 79.9. The summed E-state index contributed by atoms with van der Waals surface area (Å²) in [6, 6.07) is 8.03. The SMILES string of the molecule is CN(C)C(=O)CNCc1ccc(Br)cc1. The first-order valence-corrected chi connectivity index (χ1v) is 5.54. The Hall–Kier alpha value is -0.870. The molecule has 1 amide bonds. The number of benzene rings is 1. The molecule has 0 unspecified atom stereocenters. The monoisotopic (exact) mass is 270 g/mol. The maximum Gasteiger partial charge on any atom is 0.236 e. The molecule has 3 nitrogen and oxygen atoms in total. The maximum atomic E-state index is 11.2. The third-order valence-corrected chi connectivity index (χ3v) is 2.55. The van der Waals surface area contributed by atoms with Gasteiger partial charge in [-0.05, 0) is 17.7 Å². The van der Waals surface area contributed by atoms with Crippen LogP contribution in [-0.2, 0) is 11.3 Å². The van der Waals surface area contributed by atoms with Crippen molar-refractivity contribution in [3.8, 4) is 0 Å². The summed E-state index contributed by atoms with van der Waals surface area (Å²) in [7, 11) is 3.51. The van der Waals surface area contributed by atoms with Gasteiger partial charge in [-0.25, -0.2) is 0 Å². The van der Waals surface area contributed by atoms with Gasteiger partial charge in [0.15, 0.2) is 0 Å². The topological polar surface area (TPSA) is 32.3 Å². The zero-order chi connectivity index (χ0) is 11.3. The molecule has 4 heteroatoms. The second kappa shape index (κ2) is 5.88. The summed E-state index contributed by atoms with van der Waals surface area (Å²) in [5.74, 6) is 0.0899. The lowest BCUT2D eigenvalue weighted by atomic mass is 10.2. The predicted molar refractivity (Wildman–Crippen MR) is 64.5 cm³/mol. The molecule has 1 aromatic rings. The summed E-state index contributed by atoms with van der Waals surface area (Å²) < 4.78 is 1.07. The van der Waals surface area contributed by atoms with E-state index in [2.05, 4.69) is 21.2 Å². The number of rotatable bonds is 4. The van der Waals surface area contributed by atoms with E-state index in [1.165, 1.54) is 5.56 Å². The molecule has 0 saturated carbocycles. The van der Waals surface area contributed by atoms with Crippen molar-refractivity contribution in [1.29, 1.82) is 0 Å². The van der Waals surface area contributed by atoms with Gasteiger partial charge in [0.25, 0.3) is 0 Å². The number of nitrogens with one attached hydrogen (secondary N) is 1. The lowest BCUT2D eigenvalue weighted by Crippen LogP contribution is -2.32. The first kappa shape index (κ1) is 12.2. The molecule has 0 aliphatic heterocycles. The highest BCUT2D eigenvalue weighted by Crippen LogP contribution is 2.09. The van der Waals surface area contributed by atoms with E-state index in [-0.39, 0.29) is 5.91 Å². The van der Waals surface area contributed by atoms with Gasteiger partial charge in [-0.3, -0.25) is 4.79 Å². The minimum absolute atomic E-state index is 0.0899. The van der Waals surface area contributed by atoms with Crippen molar-refractivity contribution in [1.82, 2.24) is 10.2 Å². The van der Waals surface area contributed by atoms with Crippen LogP contribution < -0.4 is 5.32 Å². The van der Waals surface area contributed by atoms with Crippen LogP contribution in [0, 0.1) is 0 Å². The molecule has 15 heavy (non-hydrogen) atoms. The van der Waals surface area contributed by atoms with Crippen molar-refractivity contribution >= 4 is 21.8 Å². The average molecular weight is 271 g/mol. The molecule has 0 radical (unpaired) electrons. The lowest BCUT2D eigenvalue weighted by molar-refractivity contribution is -0.127. The Kier molecular flexibility index (Phi) is 4.78. The van der Waals surface area contributed by atoms with Crippen molar-refractivity contribution in [2.45, 2.75) is 6.54 Å². The average Bonchev–Trinajstić information content (AvgIpc) is 2.20. The number of amides is 1. The van der Waals surface area contributed by atoms with E-state index in [0.717, 1.165) is 4.47 Å². The van der Waals surface area contributed by atoms with Crippen molar-refractivity contribution < 1.29 is 4.79 Å². The van der Waals surface area contributed by atoms with Gasteiger partial charge >= 0.3 is 0 Å². The first-order valence-electron chi connectivity index (χ1n) is 4.75. The second-order valence-corrected chi connectivity index (χ2v) is 4.43. The van der Waals surface area contributed by atoms with Gasteiger partial charge in [0.1, 0.15) is 0 Å². The number of halogens is 1. The molecule has 1 aromatic carbocycles. The quantitative estimate of drug-likeness (QED) is 0.902. The molecule has 0 spiro atoms. The Labute approximate surface area is 98.6 Å². The Balaban J connectivity index is 2.32. The number of carbonyl (C=O) groups is 1. The van der Waals surface area contributed by atoms with Crippen LogP contribution in [0.5, 0.6) is 0 Å². The molecule has 0 bridgehead atoms. The Morgan fingerprint density at radius 3 is 2.47 bits per heavy atom. The van der Waals surface area contributed by atoms with E-state index in [1.54, 1.807) is 19.0 Å². The van der Waals surface area contributed by atoms with E-state index >= 15 is 0 Å². The predicted octanol–water partition coefficient (Wildman–Crippen LogP) is 1.63. The third-order valence-electron chi connectivity index (χ3n) is 2.02. The molecule has 0 heterocycles. The van der Waals surface area contributed by atoms with Gasteiger partial charge in [-0.1, -0.05) is 28.1 Å². The molecule has 0 saturated heterocycles. The fourth-order valence-corrected chi connectivity index (χ4v) is 1.34. The van der Waals surface area contributed by atoms with E-state index in [4.69, 9.17) is 0 Å². The Morgan fingerprint density at radius 1 is 1.33 bits per heavy atom. The number of carbonyl (C=O) groups excluding carboxylic acids is 1. The van der Waals surface area contributed by atoms with Crippen molar-refractivity contribution in [3.63, 3.8) is 0 Å². The van der Waals surface area contributed by atoms with E-state index < -0.39 is 0 Å². The zero-order valence-electron chi connectivity index (χ0n) is 8.96. The fraction of sp³-hybridized carbons (Fsp3) is 0.364. The molecule has 1 N–H and O–H groups in total. The van der Waals surface area contributed by atoms with Gasteiger partial charge in [-0.2, -0.15) is 0 Å². The van der Waals surface area contributed by atoms with E-state index in [1.807, 2.05) is 24.3 Å². The van der Waals surface area contributed by atoms with Crippen LogP contribution in [0.4, 0.5) is 0 Å². The highest BCUT2D eigenvalue weighted by molar-refractivity contribution is 9.10. The molecule has 0 aliphatic rings. The summed E-state index contributed by atoms with van der Waals surface area (Å²) in [5.41, 5.74) is 1.17. The largest absolute Gasteiger partial charge is 0.348 e. The minimum Gasteiger partial charge on any atom is -0.348 e. The van der Waals surface area contributed by atoms with Gasteiger partial charge in [0.2, 0.25) is 5.91 Å². The molecule has 0 aromatic heterocycles. The fourth-order valence-electron chi connectivity index (χ4n) is 1.07. The molecular formula is C11H15BrN2O. The Morgan fingerprint density at radius 2 is 1.93 bits per heavy atom. The van der Waals surface area contributed by atoms with Crippen molar-refractivity contribution in [2.75, 3.05) is 20.6 Å². The molecule has 82 valence electrons. The first-order chi connectivity index (χ1) is 7.09. The second-order valence-electron chi connectivity index (χ2n) is 3.52. The lowest BCUT2D eigenvalue weighted by Gasteiger charge is -2.10. The van der Waals surface area contributed by atoms with Crippen LogP contribution in [0.3, 0.4) is 0 Å². The maximum absolute atomic E-state index is 11.2. The number of hydrogen-bond acceptors (Lipinski definition) is 2. The van der Waals surface area contributed by atoms with Gasteiger partial charge < -0.3 is 10.2 Å². The molecule has 0 aliphatic carbocycles. The normalized spacial score (nSPS) is 10.1. The summed E-state index contributed by atoms with van der Waals surface area (Å²) in [4.78, 5) is 12.8. The van der Waals surface area contributed by atoms with Gasteiger partial charge in [-0.15, -0.1) is 0 Å². The summed E-state index contributed by atoms with van der Waals surface area (Å²) in [5, 5.41) is 3.10. The standard InChI is InChI=1S/C11H15BrN2O/c1-14(2)11(15)8-13-7-9-3-5-10(12)6-4-9/h3-6,13H,7-8H2,1-2H3. The summed E-state index contributed by atoms with van der Waals surface area (Å²) in [6.45, 7) is 1.09. The number of likely N-dealkylation sites (N-methyl/N-ethyl adjacent to an activating group) is 1. The van der Waals surface area contributed by atoms with Crippen molar-refractivity contribution in [3.05, 3.63) is 34.3 Å².